The molecule has 1 aliphatic heterocycles. The van der Waals surface area contributed by atoms with Crippen LogP contribution in [0.2, 0.25) is 0 Å². The van der Waals surface area contributed by atoms with Crippen molar-refractivity contribution in [3.63, 3.8) is 0 Å². The van der Waals surface area contributed by atoms with Crippen LogP contribution in [0.4, 0.5) is 4.79 Å². The molecule has 144 valence electrons. The van der Waals surface area contributed by atoms with E-state index in [9.17, 15) is 14.4 Å². The van der Waals surface area contributed by atoms with Gasteiger partial charge in [0.2, 0.25) is 0 Å². The summed E-state index contributed by atoms with van der Waals surface area (Å²) in [7, 11) is 0. The average Bonchev–Trinajstić information content (AvgIpc) is 3.01. The van der Waals surface area contributed by atoms with E-state index >= 15 is 0 Å². The molecule has 7 nitrogen and oxygen atoms in total. The van der Waals surface area contributed by atoms with Gasteiger partial charge in [-0.3, -0.25) is 9.59 Å². The molecule has 4 saturated carbocycles. The minimum absolute atomic E-state index is 0.0525. The van der Waals surface area contributed by atoms with Gasteiger partial charge in [-0.25, -0.2) is 4.79 Å². The first-order valence-electron chi connectivity index (χ1n) is 9.59. The maximum Gasteiger partial charge on any atom is 0.508 e. The summed E-state index contributed by atoms with van der Waals surface area (Å²) in [5.74, 6) is 0.187. The Labute approximate surface area is 152 Å². The van der Waals surface area contributed by atoms with Crippen LogP contribution in [0.5, 0.6) is 0 Å². The Bertz CT molecular complexity index is 563. The molecule has 5 fully saturated rings. The number of cyclic esters (lactones) is 2. The van der Waals surface area contributed by atoms with Gasteiger partial charge in [-0.15, -0.1) is 0 Å². The van der Waals surface area contributed by atoms with E-state index in [1.807, 2.05) is 0 Å². The molecular formula is C19H26O7. The number of hydrogen-bond acceptors (Lipinski definition) is 7. The van der Waals surface area contributed by atoms with E-state index in [0.717, 1.165) is 37.0 Å². The third kappa shape index (κ3) is 3.53. The molecule has 7 heteroatoms. The summed E-state index contributed by atoms with van der Waals surface area (Å²) < 4.78 is 20.0. The summed E-state index contributed by atoms with van der Waals surface area (Å²) in [5.41, 5.74) is 0.128. The molecule has 0 spiro atoms. The molecule has 0 aromatic rings. The van der Waals surface area contributed by atoms with Crippen molar-refractivity contribution in [3.05, 3.63) is 0 Å². The molecule has 5 rings (SSSR count). The first-order valence-corrected chi connectivity index (χ1v) is 9.59. The maximum atomic E-state index is 12.3. The van der Waals surface area contributed by atoms with Crippen LogP contribution in [0.25, 0.3) is 0 Å². The van der Waals surface area contributed by atoms with Crippen molar-refractivity contribution in [1.82, 2.24) is 0 Å². The van der Waals surface area contributed by atoms with E-state index < -0.39 is 30.1 Å². The summed E-state index contributed by atoms with van der Waals surface area (Å²) in [6.07, 6.45) is 6.09. The SMILES string of the molecule is CC(C(=O)OCC1COC(=O)O1)C(=O)OCC12CC3CC(CC(C3)C1)C2. The van der Waals surface area contributed by atoms with Gasteiger partial charge in [-0.2, -0.15) is 0 Å². The smallest absolute Gasteiger partial charge is 0.464 e. The highest BCUT2D eigenvalue weighted by Crippen LogP contribution is 2.60. The van der Waals surface area contributed by atoms with E-state index in [0.29, 0.717) is 6.61 Å². The molecule has 0 radical (unpaired) electrons. The standard InChI is InChI=1S/C19H26O7/c1-11(16(20)23-8-15-9-24-18(22)26-15)17(21)25-10-19-5-12-2-13(6-19)4-14(3-12)7-19/h11-15H,2-10H2,1H3. The van der Waals surface area contributed by atoms with Crippen molar-refractivity contribution in [2.45, 2.75) is 51.6 Å². The Morgan fingerprint density at radius 1 is 1.08 bits per heavy atom. The first kappa shape index (κ1) is 17.6. The zero-order chi connectivity index (χ0) is 18.3. The molecule has 26 heavy (non-hydrogen) atoms. The fourth-order valence-electron chi connectivity index (χ4n) is 5.66. The molecule has 5 aliphatic rings. The van der Waals surface area contributed by atoms with Gasteiger partial charge in [0.15, 0.2) is 12.0 Å². The van der Waals surface area contributed by atoms with Crippen LogP contribution in [0, 0.1) is 29.1 Å². The van der Waals surface area contributed by atoms with Gasteiger partial charge in [0.25, 0.3) is 0 Å². The highest BCUT2D eigenvalue weighted by molar-refractivity contribution is 5.94. The number of hydrogen-bond donors (Lipinski definition) is 0. The first-order chi connectivity index (χ1) is 12.4. The van der Waals surface area contributed by atoms with E-state index in [1.54, 1.807) is 0 Å². The molecule has 4 aliphatic carbocycles. The zero-order valence-electron chi connectivity index (χ0n) is 15.1. The van der Waals surface area contributed by atoms with Crippen LogP contribution < -0.4 is 0 Å². The van der Waals surface area contributed by atoms with Crippen LogP contribution in [-0.2, 0) is 28.5 Å². The summed E-state index contributed by atoms with van der Waals surface area (Å²) >= 11 is 0. The molecule has 0 aromatic heterocycles. The van der Waals surface area contributed by atoms with Crippen LogP contribution in [0.3, 0.4) is 0 Å². The Kier molecular flexibility index (Phi) is 4.57. The molecule has 1 heterocycles. The fraction of sp³-hybridized carbons (Fsp3) is 0.842. The van der Waals surface area contributed by atoms with E-state index in [2.05, 4.69) is 4.74 Å². The summed E-state index contributed by atoms with van der Waals surface area (Å²) in [4.78, 5) is 35.2. The fourth-order valence-corrected chi connectivity index (χ4v) is 5.66. The molecule has 2 unspecified atom stereocenters. The maximum absolute atomic E-state index is 12.3. The van der Waals surface area contributed by atoms with Crippen molar-refractivity contribution >= 4 is 18.1 Å². The molecule has 2 atom stereocenters. The number of rotatable bonds is 6. The Balaban J connectivity index is 1.24. The van der Waals surface area contributed by atoms with E-state index in [-0.39, 0.29) is 18.6 Å². The number of carbonyl (C=O) groups excluding carboxylic acids is 3. The summed E-state index contributed by atoms with van der Waals surface area (Å²) in [5, 5.41) is 0. The quantitative estimate of drug-likeness (QED) is 0.405. The summed E-state index contributed by atoms with van der Waals surface area (Å²) in [6, 6.07) is 0. The lowest BCUT2D eigenvalue weighted by molar-refractivity contribution is -0.168. The minimum Gasteiger partial charge on any atom is -0.464 e. The van der Waals surface area contributed by atoms with Crippen LogP contribution in [0.1, 0.15) is 45.4 Å². The predicted octanol–water partition coefficient (Wildman–Crippen LogP) is 2.46. The van der Waals surface area contributed by atoms with E-state index in [4.69, 9.17) is 14.2 Å². The molecule has 4 bridgehead atoms. The summed E-state index contributed by atoms with van der Waals surface area (Å²) in [6.45, 7) is 1.84. The lowest BCUT2D eigenvalue weighted by atomic mass is 9.50. The highest BCUT2D eigenvalue weighted by atomic mass is 16.8. The lowest BCUT2D eigenvalue weighted by Gasteiger charge is -2.56. The molecule has 0 amide bonds. The third-order valence-electron chi connectivity index (χ3n) is 6.45. The van der Waals surface area contributed by atoms with Crippen molar-refractivity contribution in [2.24, 2.45) is 29.1 Å². The monoisotopic (exact) mass is 366 g/mol. The van der Waals surface area contributed by atoms with Gasteiger partial charge in [-0.1, -0.05) is 0 Å². The number of ether oxygens (including phenoxy) is 4. The Hall–Kier alpha value is -1.79. The minimum atomic E-state index is -0.984. The zero-order valence-corrected chi connectivity index (χ0v) is 15.1. The van der Waals surface area contributed by atoms with Crippen molar-refractivity contribution in [2.75, 3.05) is 19.8 Å². The average molecular weight is 366 g/mol. The number of esters is 2. The molecule has 1 saturated heterocycles. The van der Waals surface area contributed by atoms with Gasteiger partial charge in [0.05, 0.1) is 6.61 Å². The van der Waals surface area contributed by atoms with Gasteiger partial charge in [-0.05, 0) is 63.2 Å². The molecule has 0 N–H and O–H groups in total. The van der Waals surface area contributed by atoms with Crippen molar-refractivity contribution in [1.29, 1.82) is 0 Å². The van der Waals surface area contributed by atoms with Gasteiger partial charge < -0.3 is 18.9 Å². The van der Waals surface area contributed by atoms with E-state index in [1.165, 1.54) is 26.2 Å². The Morgan fingerprint density at radius 2 is 1.65 bits per heavy atom. The second-order valence-electron chi connectivity index (χ2n) is 8.68. The number of carbonyl (C=O) groups is 3. The van der Waals surface area contributed by atoms with Gasteiger partial charge in [0, 0.05) is 5.41 Å². The normalized spacial score (nSPS) is 38.4. The second kappa shape index (κ2) is 6.74. The third-order valence-corrected chi connectivity index (χ3v) is 6.45. The highest BCUT2D eigenvalue weighted by Gasteiger charge is 2.51. The Morgan fingerprint density at radius 3 is 2.19 bits per heavy atom. The van der Waals surface area contributed by atoms with Crippen molar-refractivity contribution < 1.29 is 33.3 Å². The van der Waals surface area contributed by atoms with Crippen LogP contribution in [-0.4, -0.2) is 44.0 Å². The van der Waals surface area contributed by atoms with Crippen LogP contribution in [0.15, 0.2) is 0 Å². The largest absolute Gasteiger partial charge is 0.508 e. The second-order valence-corrected chi connectivity index (χ2v) is 8.68. The predicted molar refractivity (Wildman–Crippen MR) is 87.9 cm³/mol. The molecule has 0 aromatic carbocycles. The molecular weight excluding hydrogens is 340 g/mol. The van der Waals surface area contributed by atoms with Crippen LogP contribution >= 0.6 is 0 Å². The van der Waals surface area contributed by atoms with Crippen molar-refractivity contribution in [3.8, 4) is 0 Å². The topological polar surface area (TPSA) is 88.1 Å². The van der Waals surface area contributed by atoms with Gasteiger partial charge in [0.1, 0.15) is 13.2 Å². The van der Waals surface area contributed by atoms with Gasteiger partial charge >= 0.3 is 18.1 Å². The lowest BCUT2D eigenvalue weighted by Crippen LogP contribution is -2.48.